The highest BCUT2D eigenvalue weighted by Gasteiger charge is 2.05. The first-order chi connectivity index (χ1) is 6.61. The van der Waals surface area contributed by atoms with E-state index in [9.17, 15) is 0 Å². The Hall–Kier alpha value is 0.0900. The molecule has 0 aromatic heterocycles. The maximum absolute atomic E-state index is 6.03. The Kier molecular flexibility index (Phi) is 5.08. The van der Waals surface area contributed by atoms with E-state index in [4.69, 9.17) is 34.8 Å². The van der Waals surface area contributed by atoms with Crippen LogP contribution in [-0.4, -0.2) is 5.38 Å². The lowest BCUT2D eigenvalue weighted by molar-refractivity contribution is 0.724. The molecule has 3 heteroatoms. The van der Waals surface area contributed by atoms with Crippen molar-refractivity contribution in [3.63, 3.8) is 0 Å². The molecule has 0 spiro atoms. The summed E-state index contributed by atoms with van der Waals surface area (Å²) in [6.07, 6.45) is 2.91. The first kappa shape index (κ1) is 12.2. The zero-order valence-corrected chi connectivity index (χ0v) is 10.3. The summed E-state index contributed by atoms with van der Waals surface area (Å²) in [4.78, 5) is 0. The van der Waals surface area contributed by atoms with E-state index in [2.05, 4.69) is 0 Å². The fourth-order valence-corrected chi connectivity index (χ4v) is 2.07. The van der Waals surface area contributed by atoms with Crippen molar-refractivity contribution in [1.82, 2.24) is 0 Å². The van der Waals surface area contributed by atoms with Gasteiger partial charge in [-0.1, -0.05) is 29.3 Å². The van der Waals surface area contributed by atoms with Gasteiger partial charge in [0.05, 0.1) is 0 Å². The van der Waals surface area contributed by atoms with Crippen LogP contribution in [0.2, 0.25) is 10.0 Å². The standard InChI is InChI=1S/C11H13Cl3/c1-8(12)4-2-5-9-10(13)6-3-7-11(9)14/h3,6-8H,2,4-5H2,1H3. The smallest absolute Gasteiger partial charge is 0.0452 e. The van der Waals surface area contributed by atoms with Crippen LogP contribution in [0.3, 0.4) is 0 Å². The molecule has 0 saturated carbocycles. The lowest BCUT2D eigenvalue weighted by Gasteiger charge is -2.07. The van der Waals surface area contributed by atoms with Gasteiger partial charge in [-0.2, -0.15) is 0 Å². The molecular formula is C11H13Cl3. The molecule has 0 nitrogen and oxygen atoms in total. The predicted molar refractivity (Wildman–Crippen MR) is 64.7 cm³/mol. The van der Waals surface area contributed by atoms with Crippen LogP contribution in [0.4, 0.5) is 0 Å². The summed E-state index contributed by atoms with van der Waals surface area (Å²) < 4.78 is 0. The first-order valence-electron chi connectivity index (χ1n) is 4.68. The van der Waals surface area contributed by atoms with Crippen molar-refractivity contribution in [3.05, 3.63) is 33.8 Å². The molecule has 0 aliphatic rings. The molecule has 1 aromatic rings. The monoisotopic (exact) mass is 250 g/mol. The summed E-state index contributed by atoms with van der Waals surface area (Å²) >= 11 is 17.9. The second kappa shape index (κ2) is 5.85. The summed E-state index contributed by atoms with van der Waals surface area (Å²) in [6.45, 7) is 2.00. The molecule has 0 N–H and O–H groups in total. The van der Waals surface area contributed by atoms with E-state index in [-0.39, 0.29) is 5.38 Å². The molecular weight excluding hydrogens is 238 g/mol. The lowest BCUT2D eigenvalue weighted by Crippen LogP contribution is -1.94. The number of alkyl halides is 1. The number of halogens is 3. The molecule has 0 saturated heterocycles. The summed E-state index contributed by atoms with van der Waals surface area (Å²) in [5, 5.41) is 1.72. The second-order valence-corrected chi connectivity index (χ2v) is 4.93. The molecule has 0 bridgehead atoms. The van der Waals surface area contributed by atoms with Gasteiger partial charge < -0.3 is 0 Å². The molecule has 0 fully saturated rings. The Morgan fingerprint density at radius 3 is 2.29 bits per heavy atom. The zero-order valence-electron chi connectivity index (χ0n) is 8.06. The fourth-order valence-electron chi connectivity index (χ4n) is 1.33. The fraction of sp³-hybridized carbons (Fsp3) is 0.455. The van der Waals surface area contributed by atoms with Crippen LogP contribution in [0.1, 0.15) is 25.3 Å². The van der Waals surface area contributed by atoms with Gasteiger partial charge in [0.2, 0.25) is 0 Å². The van der Waals surface area contributed by atoms with Crippen LogP contribution in [0, 0.1) is 0 Å². The number of hydrogen-bond donors (Lipinski definition) is 0. The largest absolute Gasteiger partial charge is 0.123 e. The van der Waals surface area contributed by atoms with E-state index in [0.29, 0.717) is 0 Å². The Morgan fingerprint density at radius 1 is 1.21 bits per heavy atom. The van der Waals surface area contributed by atoms with Gasteiger partial charge in [0.25, 0.3) is 0 Å². The van der Waals surface area contributed by atoms with Gasteiger partial charge in [0, 0.05) is 15.4 Å². The van der Waals surface area contributed by atoms with Crippen LogP contribution in [0.25, 0.3) is 0 Å². The van der Waals surface area contributed by atoms with Crippen LogP contribution in [0.15, 0.2) is 18.2 Å². The van der Waals surface area contributed by atoms with Gasteiger partial charge in [-0.3, -0.25) is 0 Å². The molecule has 0 heterocycles. The minimum absolute atomic E-state index is 0.219. The second-order valence-electron chi connectivity index (χ2n) is 3.37. The SMILES string of the molecule is CC(Cl)CCCc1c(Cl)cccc1Cl. The highest BCUT2D eigenvalue weighted by atomic mass is 35.5. The number of rotatable bonds is 4. The Morgan fingerprint density at radius 2 is 1.79 bits per heavy atom. The average molecular weight is 252 g/mol. The maximum atomic E-state index is 6.03. The van der Waals surface area contributed by atoms with E-state index in [1.807, 2.05) is 25.1 Å². The number of benzene rings is 1. The van der Waals surface area contributed by atoms with Gasteiger partial charge in [-0.25, -0.2) is 0 Å². The van der Waals surface area contributed by atoms with Crippen molar-refractivity contribution < 1.29 is 0 Å². The molecule has 14 heavy (non-hydrogen) atoms. The predicted octanol–water partition coefficient (Wildman–Crippen LogP) is 4.94. The lowest BCUT2D eigenvalue weighted by atomic mass is 10.1. The van der Waals surface area contributed by atoms with Crippen molar-refractivity contribution in [2.45, 2.75) is 31.6 Å². The first-order valence-corrected chi connectivity index (χ1v) is 5.87. The minimum Gasteiger partial charge on any atom is -0.123 e. The van der Waals surface area contributed by atoms with Crippen molar-refractivity contribution in [2.75, 3.05) is 0 Å². The normalized spacial score (nSPS) is 12.9. The molecule has 0 aliphatic carbocycles. The maximum Gasteiger partial charge on any atom is 0.0452 e. The molecule has 78 valence electrons. The summed E-state index contributed by atoms with van der Waals surface area (Å²) in [5.74, 6) is 0. The summed E-state index contributed by atoms with van der Waals surface area (Å²) in [6, 6.07) is 5.60. The molecule has 1 aromatic carbocycles. The van der Waals surface area contributed by atoms with Crippen molar-refractivity contribution >= 4 is 34.8 Å². The Labute approximate surface area is 100 Å². The summed E-state index contributed by atoms with van der Waals surface area (Å²) in [7, 11) is 0. The molecule has 1 unspecified atom stereocenters. The van der Waals surface area contributed by atoms with E-state index >= 15 is 0 Å². The highest BCUT2D eigenvalue weighted by Crippen LogP contribution is 2.26. The van der Waals surface area contributed by atoms with Crippen molar-refractivity contribution in [2.24, 2.45) is 0 Å². The van der Waals surface area contributed by atoms with Crippen molar-refractivity contribution in [1.29, 1.82) is 0 Å². The van der Waals surface area contributed by atoms with Crippen LogP contribution >= 0.6 is 34.8 Å². The third-order valence-corrected chi connectivity index (χ3v) is 3.02. The summed E-state index contributed by atoms with van der Waals surface area (Å²) in [5.41, 5.74) is 1.04. The molecule has 0 amide bonds. The van der Waals surface area contributed by atoms with E-state index < -0.39 is 0 Å². The quantitative estimate of drug-likeness (QED) is 0.665. The molecule has 1 rings (SSSR count). The Balaban J connectivity index is 2.58. The van der Waals surface area contributed by atoms with Gasteiger partial charge in [0.1, 0.15) is 0 Å². The molecule has 1 atom stereocenters. The van der Waals surface area contributed by atoms with Gasteiger partial charge >= 0.3 is 0 Å². The van der Waals surface area contributed by atoms with Gasteiger partial charge in [-0.05, 0) is 43.9 Å². The topological polar surface area (TPSA) is 0 Å². The van der Waals surface area contributed by atoms with Crippen molar-refractivity contribution in [3.8, 4) is 0 Å². The van der Waals surface area contributed by atoms with Crippen LogP contribution in [0.5, 0.6) is 0 Å². The molecule has 0 aliphatic heterocycles. The molecule has 0 radical (unpaired) electrons. The highest BCUT2D eigenvalue weighted by molar-refractivity contribution is 6.35. The van der Waals surface area contributed by atoms with Crippen LogP contribution in [-0.2, 0) is 6.42 Å². The average Bonchev–Trinajstić information content (AvgIpc) is 2.09. The third-order valence-electron chi connectivity index (χ3n) is 2.09. The van der Waals surface area contributed by atoms with E-state index in [1.165, 1.54) is 0 Å². The zero-order chi connectivity index (χ0) is 10.6. The minimum atomic E-state index is 0.219. The van der Waals surface area contributed by atoms with E-state index in [0.717, 1.165) is 34.9 Å². The third kappa shape index (κ3) is 3.68. The number of hydrogen-bond acceptors (Lipinski definition) is 0. The van der Waals surface area contributed by atoms with Gasteiger partial charge in [-0.15, -0.1) is 11.6 Å². The van der Waals surface area contributed by atoms with Gasteiger partial charge in [0.15, 0.2) is 0 Å². The van der Waals surface area contributed by atoms with Crippen LogP contribution < -0.4 is 0 Å². The van der Waals surface area contributed by atoms with E-state index in [1.54, 1.807) is 0 Å². The Bertz CT molecular complexity index is 274.